The van der Waals surface area contributed by atoms with Gasteiger partial charge >= 0.3 is 11.9 Å². The molecular formula is C25H22N2O6S. The Morgan fingerprint density at radius 2 is 1.50 bits per heavy atom. The van der Waals surface area contributed by atoms with Crippen molar-refractivity contribution in [3.63, 3.8) is 0 Å². The summed E-state index contributed by atoms with van der Waals surface area (Å²) in [6.07, 6.45) is 0. The average Bonchev–Trinajstić information content (AvgIpc) is 2.79. The summed E-state index contributed by atoms with van der Waals surface area (Å²) in [7, 11) is 0. The van der Waals surface area contributed by atoms with Crippen molar-refractivity contribution in [2.45, 2.75) is 24.0 Å². The van der Waals surface area contributed by atoms with Crippen molar-refractivity contribution in [3.8, 4) is 0 Å². The number of hydrogen-bond donors (Lipinski definition) is 4. The van der Waals surface area contributed by atoms with Crippen LogP contribution in [0.5, 0.6) is 0 Å². The van der Waals surface area contributed by atoms with Gasteiger partial charge in [0.1, 0.15) is 0 Å². The second kappa shape index (κ2) is 10.7. The van der Waals surface area contributed by atoms with Crippen molar-refractivity contribution in [3.05, 3.63) is 89.0 Å². The molecular weight excluding hydrogens is 456 g/mol. The molecule has 9 heteroatoms. The summed E-state index contributed by atoms with van der Waals surface area (Å²) >= 11 is 1.35. The summed E-state index contributed by atoms with van der Waals surface area (Å²) in [5.41, 5.74) is 1.41. The van der Waals surface area contributed by atoms with Gasteiger partial charge in [0.25, 0.3) is 5.91 Å². The van der Waals surface area contributed by atoms with E-state index in [1.807, 2.05) is 31.2 Å². The smallest absolute Gasteiger partial charge is 0.336 e. The molecule has 2 amide bonds. The summed E-state index contributed by atoms with van der Waals surface area (Å²) in [5, 5.41) is 23.5. The van der Waals surface area contributed by atoms with E-state index >= 15 is 0 Å². The van der Waals surface area contributed by atoms with Crippen LogP contribution in [-0.4, -0.2) is 39.2 Å². The quantitative estimate of drug-likeness (QED) is 0.343. The van der Waals surface area contributed by atoms with E-state index in [0.29, 0.717) is 5.69 Å². The fraction of sp³-hybridized carbons (Fsp3) is 0.120. The molecule has 0 heterocycles. The summed E-state index contributed by atoms with van der Waals surface area (Å²) < 4.78 is 0. The van der Waals surface area contributed by atoms with Crippen LogP contribution in [0.25, 0.3) is 0 Å². The van der Waals surface area contributed by atoms with Crippen LogP contribution in [0, 0.1) is 6.92 Å². The maximum absolute atomic E-state index is 12.6. The molecule has 3 aromatic carbocycles. The van der Waals surface area contributed by atoms with E-state index in [1.165, 1.54) is 23.9 Å². The van der Waals surface area contributed by atoms with Gasteiger partial charge in [0.2, 0.25) is 5.91 Å². The Labute approximate surface area is 200 Å². The van der Waals surface area contributed by atoms with E-state index < -0.39 is 23.4 Å². The number of aryl methyl sites for hydroxylation is 1. The standard InChI is InChI=1S/C25H22N2O6S/c1-14-4-3-5-18(12-14)27-22(28)15(2)34-19-9-7-17(8-10-19)26-23(29)20-11-6-16(24(30)31)13-21(20)25(32)33/h3-13,15H,1-2H3,(H,26,29)(H,27,28)(H,30,31)(H,32,33). The Morgan fingerprint density at radius 3 is 2.12 bits per heavy atom. The summed E-state index contributed by atoms with van der Waals surface area (Å²) in [6, 6.07) is 17.6. The van der Waals surface area contributed by atoms with Gasteiger partial charge in [-0.3, -0.25) is 9.59 Å². The third-order valence-corrected chi connectivity index (χ3v) is 5.93. The molecule has 3 aromatic rings. The normalized spacial score (nSPS) is 11.4. The summed E-state index contributed by atoms with van der Waals surface area (Å²) in [5.74, 6) is -3.51. The van der Waals surface area contributed by atoms with Gasteiger partial charge in [-0.2, -0.15) is 0 Å². The Kier molecular flexibility index (Phi) is 7.70. The number of carboxylic acid groups (broad SMARTS) is 2. The van der Waals surface area contributed by atoms with Gasteiger partial charge in [-0.05, 0) is 74.0 Å². The molecule has 0 radical (unpaired) electrons. The highest BCUT2D eigenvalue weighted by molar-refractivity contribution is 8.00. The van der Waals surface area contributed by atoms with Crippen molar-refractivity contribution in [2.24, 2.45) is 0 Å². The zero-order chi connectivity index (χ0) is 24.8. The minimum atomic E-state index is -1.40. The number of carbonyl (C=O) groups excluding carboxylic acids is 2. The lowest BCUT2D eigenvalue weighted by atomic mass is 10.0. The van der Waals surface area contributed by atoms with Crippen molar-refractivity contribution < 1.29 is 29.4 Å². The van der Waals surface area contributed by atoms with Crippen LogP contribution in [-0.2, 0) is 4.79 Å². The van der Waals surface area contributed by atoms with Gasteiger partial charge < -0.3 is 20.8 Å². The number of hydrogen-bond acceptors (Lipinski definition) is 5. The van der Waals surface area contributed by atoms with E-state index in [4.69, 9.17) is 5.11 Å². The molecule has 0 aliphatic heterocycles. The molecule has 0 spiro atoms. The highest BCUT2D eigenvalue weighted by Crippen LogP contribution is 2.26. The first-order chi connectivity index (χ1) is 16.1. The van der Waals surface area contributed by atoms with Crippen molar-refractivity contribution in [1.82, 2.24) is 0 Å². The number of anilines is 2. The van der Waals surface area contributed by atoms with E-state index in [1.54, 1.807) is 31.2 Å². The number of thioether (sulfide) groups is 1. The van der Waals surface area contributed by atoms with Crippen LogP contribution in [0.3, 0.4) is 0 Å². The van der Waals surface area contributed by atoms with Crippen molar-refractivity contribution >= 4 is 46.9 Å². The third kappa shape index (κ3) is 6.23. The van der Waals surface area contributed by atoms with Gasteiger partial charge in [0, 0.05) is 16.3 Å². The fourth-order valence-corrected chi connectivity index (χ4v) is 3.96. The monoisotopic (exact) mass is 478 g/mol. The molecule has 0 fully saturated rings. The zero-order valence-electron chi connectivity index (χ0n) is 18.4. The Morgan fingerprint density at radius 1 is 0.794 bits per heavy atom. The van der Waals surface area contributed by atoms with Gasteiger partial charge in [-0.1, -0.05) is 12.1 Å². The summed E-state index contributed by atoms with van der Waals surface area (Å²) in [4.78, 5) is 48.4. The zero-order valence-corrected chi connectivity index (χ0v) is 19.2. The Balaban J connectivity index is 1.64. The first-order valence-electron chi connectivity index (χ1n) is 10.2. The Hall–Kier alpha value is -4.11. The van der Waals surface area contributed by atoms with E-state index in [2.05, 4.69) is 10.6 Å². The number of carbonyl (C=O) groups is 4. The van der Waals surface area contributed by atoms with Gasteiger partial charge in [-0.15, -0.1) is 11.8 Å². The number of carboxylic acids is 2. The molecule has 1 atom stereocenters. The molecule has 0 saturated carbocycles. The average molecular weight is 479 g/mol. The van der Waals surface area contributed by atoms with Crippen molar-refractivity contribution in [2.75, 3.05) is 10.6 Å². The first kappa shape index (κ1) is 24.5. The van der Waals surface area contributed by atoms with Crippen LogP contribution in [0.1, 0.15) is 43.6 Å². The maximum Gasteiger partial charge on any atom is 0.336 e. The molecule has 0 bridgehead atoms. The predicted octanol–water partition coefficient (Wildman–Crippen LogP) is 4.76. The van der Waals surface area contributed by atoms with E-state index in [9.17, 15) is 24.3 Å². The topological polar surface area (TPSA) is 133 Å². The lowest BCUT2D eigenvalue weighted by molar-refractivity contribution is -0.115. The third-order valence-electron chi connectivity index (χ3n) is 4.82. The molecule has 174 valence electrons. The van der Waals surface area contributed by atoms with Crippen molar-refractivity contribution in [1.29, 1.82) is 0 Å². The van der Waals surface area contributed by atoms with Crippen LogP contribution in [0.4, 0.5) is 11.4 Å². The second-order valence-corrected chi connectivity index (χ2v) is 8.88. The van der Waals surface area contributed by atoms with Crippen LogP contribution < -0.4 is 10.6 Å². The van der Waals surface area contributed by atoms with Gasteiger partial charge in [0.05, 0.1) is 21.9 Å². The molecule has 8 nitrogen and oxygen atoms in total. The molecule has 4 N–H and O–H groups in total. The molecule has 0 aromatic heterocycles. The van der Waals surface area contributed by atoms with Gasteiger partial charge in [0.15, 0.2) is 0 Å². The fourth-order valence-electron chi connectivity index (χ4n) is 3.09. The van der Waals surface area contributed by atoms with E-state index in [0.717, 1.165) is 22.2 Å². The lowest BCUT2D eigenvalue weighted by Crippen LogP contribution is -2.22. The van der Waals surface area contributed by atoms with Gasteiger partial charge in [-0.25, -0.2) is 9.59 Å². The molecule has 34 heavy (non-hydrogen) atoms. The Bertz CT molecular complexity index is 1260. The SMILES string of the molecule is Cc1cccc(NC(=O)C(C)Sc2ccc(NC(=O)c3ccc(C(=O)O)cc3C(=O)O)cc2)c1. The minimum absolute atomic E-state index is 0.140. The predicted molar refractivity (Wildman–Crippen MR) is 130 cm³/mol. The number of nitrogens with one attached hydrogen (secondary N) is 2. The molecule has 0 aliphatic carbocycles. The highest BCUT2D eigenvalue weighted by atomic mass is 32.2. The molecule has 3 rings (SSSR count). The van der Waals surface area contributed by atoms with E-state index in [-0.39, 0.29) is 22.3 Å². The second-order valence-electron chi connectivity index (χ2n) is 7.47. The molecule has 0 aliphatic rings. The lowest BCUT2D eigenvalue weighted by Gasteiger charge is -2.13. The van der Waals surface area contributed by atoms with Crippen LogP contribution >= 0.6 is 11.8 Å². The number of rotatable bonds is 8. The highest BCUT2D eigenvalue weighted by Gasteiger charge is 2.19. The van der Waals surface area contributed by atoms with Crippen LogP contribution in [0.15, 0.2) is 71.6 Å². The number of aromatic carboxylic acids is 2. The minimum Gasteiger partial charge on any atom is -0.478 e. The molecule has 1 unspecified atom stereocenters. The summed E-state index contributed by atoms with van der Waals surface area (Å²) in [6.45, 7) is 3.74. The largest absolute Gasteiger partial charge is 0.478 e. The first-order valence-corrected chi connectivity index (χ1v) is 11.1. The van der Waals surface area contributed by atoms with Crippen LogP contribution in [0.2, 0.25) is 0 Å². The number of amides is 2. The maximum atomic E-state index is 12.6. The number of benzene rings is 3. The molecule has 0 saturated heterocycles.